The number of aromatic nitrogens is 3. The Bertz CT molecular complexity index is 1210. The van der Waals surface area contributed by atoms with E-state index in [9.17, 15) is 4.79 Å². The molecule has 0 fully saturated rings. The summed E-state index contributed by atoms with van der Waals surface area (Å²) in [6, 6.07) is 14.0. The summed E-state index contributed by atoms with van der Waals surface area (Å²) in [4.78, 5) is 17.3. The standard InChI is InChI=1S/C23H24N4O/c1-14-8-7-11-20(15(14)2)25-22(28)13-12-18-16(3)24-23-19-9-5-6-10-21(19)26-27(23)17(18)4/h5-11H,12-13H2,1-4H3,(H,25,28). The van der Waals surface area contributed by atoms with Crippen molar-refractivity contribution in [2.75, 3.05) is 5.32 Å². The van der Waals surface area contributed by atoms with Gasteiger partial charge in [0.25, 0.3) is 0 Å². The Morgan fingerprint density at radius 3 is 2.64 bits per heavy atom. The van der Waals surface area contributed by atoms with Gasteiger partial charge in [-0.05, 0) is 69.0 Å². The van der Waals surface area contributed by atoms with Crippen LogP contribution in [-0.2, 0) is 11.2 Å². The highest BCUT2D eigenvalue weighted by Gasteiger charge is 2.15. The number of nitrogens with one attached hydrogen (secondary N) is 1. The monoisotopic (exact) mass is 372 g/mol. The molecule has 0 aliphatic heterocycles. The molecule has 0 spiro atoms. The summed E-state index contributed by atoms with van der Waals surface area (Å²) in [5.74, 6) is 0.0122. The topological polar surface area (TPSA) is 59.3 Å². The van der Waals surface area contributed by atoms with Crippen LogP contribution in [0.15, 0.2) is 42.5 Å². The maximum absolute atomic E-state index is 12.5. The van der Waals surface area contributed by atoms with Gasteiger partial charge in [0, 0.05) is 28.9 Å². The van der Waals surface area contributed by atoms with Crippen molar-refractivity contribution in [3.8, 4) is 0 Å². The number of aryl methyl sites for hydroxylation is 3. The summed E-state index contributed by atoms with van der Waals surface area (Å²) in [5, 5.41) is 8.77. The van der Waals surface area contributed by atoms with Crippen LogP contribution in [0.4, 0.5) is 5.69 Å². The van der Waals surface area contributed by atoms with Gasteiger partial charge in [-0.1, -0.05) is 24.3 Å². The zero-order chi connectivity index (χ0) is 19.8. The van der Waals surface area contributed by atoms with Gasteiger partial charge in [0.15, 0.2) is 5.65 Å². The number of hydrogen-bond acceptors (Lipinski definition) is 3. The number of benzene rings is 2. The Balaban J connectivity index is 1.58. The summed E-state index contributed by atoms with van der Waals surface area (Å²) >= 11 is 0. The third-order valence-electron chi connectivity index (χ3n) is 5.50. The van der Waals surface area contributed by atoms with Crippen molar-refractivity contribution in [3.63, 3.8) is 0 Å². The second-order valence-electron chi connectivity index (χ2n) is 7.31. The first kappa shape index (κ1) is 18.2. The lowest BCUT2D eigenvalue weighted by Crippen LogP contribution is -2.15. The van der Waals surface area contributed by atoms with E-state index in [1.165, 1.54) is 5.56 Å². The average molecular weight is 372 g/mol. The third kappa shape index (κ3) is 3.13. The maximum Gasteiger partial charge on any atom is 0.224 e. The number of carbonyl (C=O) groups is 1. The zero-order valence-corrected chi connectivity index (χ0v) is 16.7. The van der Waals surface area contributed by atoms with Crippen LogP contribution < -0.4 is 5.32 Å². The van der Waals surface area contributed by atoms with Crippen LogP contribution in [0.25, 0.3) is 16.6 Å². The largest absolute Gasteiger partial charge is 0.326 e. The van der Waals surface area contributed by atoms with Crippen molar-refractivity contribution >= 4 is 28.1 Å². The Morgan fingerprint density at radius 1 is 1.04 bits per heavy atom. The molecule has 4 rings (SSSR count). The van der Waals surface area contributed by atoms with Crippen LogP contribution >= 0.6 is 0 Å². The Labute approximate surface area is 164 Å². The SMILES string of the molecule is Cc1cccc(NC(=O)CCc2c(C)nc3c4ccccc4nn3c2C)c1C. The molecule has 0 aliphatic carbocycles. The molecule has 2 heterocycles. The summed E-state index contributed by atoms with van der Waals surface area (Å²) < 4.78 is 1.90. The molecule has 5 nitrogen and oxygen atoms in total. The molecule has 0 saturated carbocycles. The van der Waals surface area contributed by atoms with Gasteiger partial charge in [-0.3, -0.25) is 4.79 Å². The zero-order valence-electron chi connectivity index (χ0n) is 16.7. The molecule has 142 valence electrons. The van der Waals surface area contributed by atoms with E-state index in [0.717, 1.165) is 44.8 Å². The van der Waals surface area contributed by atoms with Gasteiger partial charge in [0.05, 0.1) is 5.52 Å². The second-order valence-corrected chi connectivity index (χ2v) is 7.31. The van der Waals surface area contributed by atoms with Crippen molar-refractivity contribution < 1.29 is 4.79 Å². The molecule has 0 radical (unpaired) electrons. The first-order valence-electron chi connectivity index (χ1n) is 9.55. The molecular weight excluding hydrogens is 348 g/mol. The first-order chi connectivity index (χ1) is 13.5. The van der Waals surface area contributed by atoms with Crippen LogP contribution in [0, 0.1) is 27.7 Å². The molecule has 5 heteroatoms. The van der Waals surface area contributed by atoms with Gasteiger partial charge in [0.1, 0.15) is 0 Å². The van der Waals surface area contributed by atoms with E-state index in [2.05, 4.69) is 10.4 Å². The van der Waals surface area contributed by atoms with E-state index in [1.54, 1.807) is 0 Å². The number of rotatable bonds is 4. The van der Waals surface area contributed by atoms with Crippen molar-refractivity contribution in [1.29, 1.82) is 0 Å². The molecule has 1 amide bonds. The highest BCUT2D eigenvalue weighted by molar-refractivity contribution is 5.93. The highest BCUT2D eigenvalue weighted by Crippen LogP contribution is 2.23. The third-order valence-corrected chi connectivity index (χ3v) is 5.50. The Kier molecular flexibility index (Phi) is 4.59. The molecule has 0 saturated heterocycles. The molecule has 0 bridgehead atoms. The van der Waals surface area contributed by atoms with Gasteiger partial charge in [-0.15, -0.1) is 0 Å². The molecular formula is C23H24N4O. The fraction of sp³-hybridized carbons (Fsp3) is 0.261. The van der Waals surface area contributed by atoms with Crippen molar-refractivity contribution in [1.82, 2.24) is 14.6 Å². The van der Waals surface area contributed by atoms with Gasteiger partial charge in [-0.2, -0.15) is 5.10 Å². The molecule has 0 unspecified atom stereocenters. The molecule has 1 N–H and O–H groups in total. The van der Waals surface area contributed by atoms with E-state index in [0.29, 0.717) is 12.8 Å². The smallest absolute Gasteiger partial charge is 0.224 e. The molecule has 2 aromatic carbocycles. The number of carbonyl (C=O) groups excluding carboxylic acids is 1. The van der Waals surface area contributed by atoms with Gasteiger partial charge >= 0.3 is 0 Å². The number of anilines is 1. The lowest BCUT2D eigenvalue weighted by molar-refractivity contribution is -0.116. The van der Waals surface area contributed by atoms with E-state index >= 15 is 0 Å². The van der Waals surface area contributed by atoms with Crippen LogP contribution in [0.5, 0.6) is 0 Å². The normalized spacial score (nSPS) is 11.3. The average Bonchev–Trinajstić information content (AvgIpc) is 3.04. The van der Waals surface area contributed by atoms with Crippen LogP contribution in [0.1, 0.15) is 34.5 Å². The quantitative estimate of drug-likeness (QED) is 0.565. The van der Waals surface area contributed by atoms with E-state index in [4.69, 9.17) is 4.98 Å². The van der Waals surface area contributed by atoms with Crippen molar-refractivity contribution in [3.05, 3.63) is 70.5 Å². The fourth-order valence-electron chi connectivity index (χ4n) is 3.68. The minimum Gasteiger partial charge on any atom is -0.326 e. The minimum absolute atomic E-state index is 0.0122. The molecule has 0 atom stereocenters. The number of hydrogen-bond donors (Lipinski definition) is 1. The van der Waals surface area contributed by atoms with E-state index < -0.39 is 0 Å². The van der Waals surface area contributed by atoms with Crippen LogP contribution in [-0.4, -0.2) is 20.5 Å². The summed E-state index contributed by atoms with van der Waals surface area (Å²) in [7, 11) is 0. The van der Waals surface area contributed by atoms with E-state index in [1.807, 2.05) is 74.7 Å². The van der Waals surface area contributed by atoms with Crippen molar-refractivity contribution in [2.24, 2.45) is 0 Å². The summed E-state index contributed by atoms with van der Waals surface area (Å²) in [6.07, 6.45) is 1.04. The molecule has 4 aromatic rings. The highest BCUT2D eigenvalue weighted by atomic mass is 16.1. The lowest BCUT2D eigenvalue weighted by atomic mass is 10.1. The maximum atomic E-state index is 12.5. The number of nitrogens with zero attached hydrogens (tertiary/aromatic N) is 3. The van der Waals surface area contributed by atoms with Gasteiger partial charge < -0.3 is 5.32 Å². The second kappa shape index (κ2) is 7.08. The predicted octanol–water partition coefficient (Wildman–Crippen LogP) is 4.69. The summed E-state index contributed by atoms with van der Waals surface area (Å²) in [6.45, 7) is 8.13. The molecule has 0 aliphatic rings. The minimum atomic E-state index is 0.0122. The Morgan fingerprint density at radius 2 is 1.82 bits per heavy atom. The van der Waals surface area contributed by atoms with Crippen molar-refractivity contribution in [2.45, 2.75) is 40.5 Å². The van der Waals surface area contributed by atoms with Gasteiger partial charge in [-0.25, -0.2) is 9.50 Å². The fourth-order valence-corrected chi connectivity index (χ4v) is 3.68. The molecule has 2 aromatic heterocycles. The number of amides is 1. The predicted molar refractivity (Wildman–Crippen MR) is 113 cm³/mol. The van der Waals surface area contributed by atoms with E-state index in [-0.39, 0.29) is 5.91 Å². The van der Waals surface area contributed by atoms with Crippen LogP contribution in [0.2, 0.25) is 0 Å². The van der Waals surface area contributed by atoms with Gasteiger partial charge in [0.2, 0.25) is 5.91 Å². The molecule has 28 heavy (non-hydrogen) atoms. The first-order valence-corrected chi connectivity index (χ1v) is 9.55. The Hall–Kier alpha value is -3.21. The number of fused-ring (bicyclic) bond motifs is 3. The lowest BCUT2D eigenvalue weighted by Gasteiger charge is -2.13. The summed E-state index contributed by atoms with van der Waals surface area (Å²) in [5.41, 5.74) is 8.03. The van der Waals surface area contributed by atoms with Crippen LogP contribution in [0.3, 0.4) is 0 Å².